The topological polar surface area (TPSA) is 191 Å². The van der Waals surface area contributed by atoms with E-state index < -0.39 is 54.5 Å². The van der Waals surface area contributed by atoms with Gasteiger partial charge in [0.15, 0.2) is 6.04 Å². The highest BCUT2D eigenvalue weighted by atomic mass is 32.1. The van der Waals surface area contributed by atoms with E-state index >= 15 is 0 Å². The molecule has 0 aliphatic carbocycles. The lowest BCUT2D eigenvalue weighted by Crippen LogP contribution is -2.59. The summed E-state index contributed by atoms with van der Waals surface area (Å²) in [5, 5.41) is 33.8. The number of rotatable bonds is 10. The van der Waals surface area contributed by atoms with Gasteiger partial charge < -0.3 is 37.0 Å². The molecule has 24 heavy (non-hydrogen) atoms. The first kappa shape index (κ1) is 22.1. The molecule has 3 amide bonds. The summed E-state index contributed by atoms with van der Waals surface area (Å²) >= 11 is 3.89. The minimum absolute atomic E-state index is 0.0945. The van der Waals surface area contributed by atoms with Crippen molar-refractivity contribution in [3.05, 3.63) is 0 Å². The number of carboxylic acids is 1. The van der Waals surface area contributed by atoms with Gasteiger partial charge in [0.2, 0.25) is 17.7 Å². The molecule has 4 unspecified atom stereocenters. The van der Waals surface area contributed by atoms with Gasteiger partial charge in [0.05, 0.1) is 19.3 Å². The van der Waals surface area contributed by atoms with Crippen molar-refractivity contribution in [3.63, 3.8) is 0 Å². The van der Waals surface area contributed by atoms with Crippen LogP contribution in [0.4, 0.5) is 0 Å². The molecule has 0 rings (SSSR count). The summed E-state index contributed by atoms with van der Waals surface area (Å²) in [4.78, 5) is 46.0. The average molecular weight is 366 g/mol. The van der Waals surface area contributed by atoms with Gasteiger partial charge in [-0.15, -0.1) is 0 Å². The van der Waals surface area contributed by atoms with Crippen LogP contribution < -0.4 is 21.7 Å². The summed E-state index contributed by atoms with van der Waals surface area (Å²) < 4.78 is 0. The number of aliphatic hydroxyl groups excluding tert-OH is 2. The molecule has 0 aliphatic rings. The number of nitrogens with two attached hydrogens (primary N) is 1. The number of carbonyl (C=O) groups is 4. The first-order chi connectivity index (χ1) is 11.2. The second kappa shape index (κ2) is 10.8. The molecule has 0 aromatic heterocycles. The summed E-state index contributed by atoms with van der Waals surface area (Å²) in [6, 6.07) is -4.19. The number of hydrogen-bond donors (Lipinski definition) is 8. The van der Waals surface area contributed by atoms with Crippen LogP contribution in [0.25, 0.3) is 0 Å². The lowest BCUT2D eigenvalue weighted by atomic mass is 10.1. The first-order valence-electron chi connectivity index (χ1n) is 6.90. The number of hydrogen-bond acceptors (Lipinski definition) is 8. The van der Waals surface area contributed by atoms with Gasteiger partial charge in [-0.25, -0.2) is 4.79 Å². The highest BCUT2D eigenvalue weighted by Gasteiger charge is 2.30. The number of aliphatic carboxylic acids is 1. The average Bonchev–Trinajstić information content (AvgIpc) is 2.53. The zero-order valence-corrected chi connectivity index (χ0v) is 13.8. The fourth-order valence-corrected chi connectivity index (χ4v) is 1.81. The van der Waals surface area contributed by atoms with E-state index in [1.165, 1.54) is 0 Å². The van der Waals surface area contributed by atoms with Crippen LogP contribution in [-0.2, 0) is 19.2 Å². The highest BCUT2D eigenvalue weighted by Crippen LogP contribution is 1.96. The van der Waals surface area contributed by atoms with Crippen LogP contribution in [0.1, 0.15) is 6.92 Å². The second-order valence-corrected chi connectivity index (χ2v) is 5.18. The number of thiol groups is 1. The predicted molar refractivity (Wildman–Crippen MR) is 85.1 cm³/mol. The van der Waals surface area contributed by atoms with Crippen LogP contribution in [0.15, 0.2) is 0 Å². The molecule has 4 atom stereocenters. The van der Waals surface area contributed by atoms with Crippen LogP contribution in [0, 0.1) is 0 Å². The normalized spacial score (nSPS) is 15.5. The molecule has 12 heteroatoms. The Labute approximate surface area is 143 Å². The molecule has 0 saturated carbocycles. The van der Waals surface area contributed by atoms with Crippen LogP contribution in [0.3, 0.4) is 0 Å². The third-order valence-corrected chi connectivity index (χ3v) is 3.25. The van der Waals surface area contributed by atoms with Crippen LogP contribution in [0.5, 0.6) is 0 Å². The van der Waals surface area contributed by atoms with Crippen LogP contribution >= 0.6 is 12.6 Å². The van der Waals surface area contributed by atoms with E-state index in [-0.39, 0.29) is 12.3 Å². The second-order valence-electron chi connectivity index (χ2n) is 4.82. The van der Waals surface area contributed by atoms with Crippen molar-refractivity contribution in [2.75, 3.05) is 18.9 Å². The maximum absolute atomic E-state index is 12.0. The van der Waals surface area contributed by atoms with Gasteiger partial charge in [-0.1, -0.05) is 0 Å². The Morgan fingerprint density at radius 3 is 2.00 bits per heavy atom. The molecule has 0 aliphatic heterocycles. The number of aliphatic hydroxyl groups is 2. The smallest absolute Gasteiger partial charge is 0.328 e. The lowest BCUT2D eigenvalue weighted by molar-refractivity contribution is -0.145. The molecular formula is C12H22N4O7S. The molecule has 8 N–H and O–H groups in total. The lowest BCUT2D eigenvalue weighted by Gasteiger charge is -2.23. The molecule has 0 fully saturated rings. The highest BCUT2D eigenvalue weighted by molar-refractivity contribution is 7.80. The molecular weight excluding hydrogens is 344 g/mol. The zero-order valence-electron chi connectivity index (χ0n) is 12.9. The van der Waals surface area contributed by atoms with E-state index in [0.29, 0.717) is 0 Å². The molecule has 0 aromatic rings. The summed E-state index contributed by atoms with van der Waals surface area (Å²) in [6.07, 6.45) is -1.39. The van der Waals surface area contributed by atoms with E-state index in [1.54, 1.807) is 0 Å². The van der Waals surface area contributed by atoms with Crippen molar-refractivity contribution in [2.45, 2.75) is 31.2 Å². The standard InChI is InChI=1S/C12H22N4O7S/c1-5(18)9(12(22)23)16-10(20)6(3-17)15-11(21)7(4-24)14-8(19)2-13/h5-7,9,17-18,24H,2-4,13H2,1H3,(H,14,19)(H,15,21)(H,16,20)(H,22,23). The maximum Gasteiger partial charge on any atom is 0.328 e. The molecule has 0 radical (unpaired) electrons. The zero-order chi connectivity index (χ0) is 18.9. The van der Waals surface area contributed by atoms with E-state index in [2.05, 4.69) is 23.3 Å². The molecule has 0 aromatic carbocycles. The van der Waals surface area contributed by atoms with Crippen molar-refractivity contribution in [1.29, 1.82) is 0 Å². The summed E-state index contributed by atoms with van der Waals surface area (Å²) in [5.41, 5.74) is 5.11. The number of carbonyl (C=O) groups excluding carboxylic acids is 3. The van der Waals surface area contributed by atoms with Gasteiger partial charge in [0, 0.05) is 5.75 Å². The Hall–Kier alpha value is -1.89. The third kappa shape index (κ3) is 7.12. The van der Waals surface area contributed by atoms with Crippen molar-refractivity contribution >= 4 is 36.3 Å². The van der Waals surface area contributed by atoms with E-state index in [0.717, 1.165) is 6.92 Å². The van der Waals surface area contributed by atoms with Gasteiger partial charge in [-0.05, 0) is 6.92 Å². The first-order valence-corrected chi connectivity index (χ1v) is 7.53. The predicted octanol–water partition coefficient (Wildman–Crippen LogP) is -4.21. The van der Waals surface area contributed by atoms with Gasteiger partial charge >= 0.3 is 5.97 Å². The Kier molecular flexibility index (Phi) is 9.95. The van der Waals surface area contributed by atoms with Gasteiger partial charge in [0.25, 0.3) is 0 Å². The van der Waals surface area contributed by atoms with Crippen molar-refractivity contribution in [2.24, 2.45) is 5.73 Å². The molecule has 0 bridgehead atoms. The Morgan fingerprint density at radius 1 is 1.08 bits per heavy atom. The van der Waals surface area contributed by atoms with E-state index in [4.69, 9.17) is 10.8 Å². The van der Waals surface area contributed by atoms with E-state index in [9.17, 15) is 29.4 Å². The van der Waals surface area contributed by atoms with Crippen molar-refractivity contribution < 1.29 is 34.5 Å². The summed E-state index contributed by atoms with van der Waals surface area (Å²) in [5.74, 6) is -4.02. The Bertz CT molecular complexity index is 474. The van der Waals surface area contributed by atoms with Gasteiger partial charge in [-0.2, -0.15) is 12.6 Å². The monoisotopic (exact) mass is 366 g/mol. The molecule has 0 heterocycles. The van der Waals surface area contributed by atoms with E-state index in [1.807, 2.05) is 5.32 Å². The Morgan fingerprint density at radius 2 is 1.62 bits per heavy atom. The number of nitrogens with one attached hydrogen (secondary N) is 3. The quantitative estimate of drug-likeness (QED) is 0.178. The van der Waals surface area contributed by atoms with Crippen molar-refractivity contribution in [1.82, 2.24) is 16.0 Å². The summed E-state index contributed by atoms with van der Waals surface area (Å²) in [7, 11) is 0. The van der Waals surface area contributed by atoms with Crippen LogP contribution in [-0.4, -0.2) is 82.1 Å². The summed E-state index contributed by atoms with van der Waals surface area (Å²) in [6.45, 7) is -0.0190. The molecule has 0 saturated heterocycles. The number of amides is 3. The molecule has 138 valence electrons. The Balaban J connectivity index is 4.88. The van der Waals surface area contributed by atoms with Crippen molar-refractivity contribution in [3.8, 4) is 0 Å². The molecule has 11 nitrogen and oxygen atoms in total. The SMILES string of the molecule is CC(O)C(NC(=O)C(CO)NC(=O)C(CS)NC(=O)CN)C(=O)O. The maximum atomic E-state index is 12.0. The minimum Gasteiger partial charge on any atom is -0.480 e. The number of carboxylic acid groups (broad SMARTS) is 1. The molecule has 0 spiro atoms. The van der Waals surface area contributed by atoms with Gasteiger partial charge in [-0.3, -0.25) is 14.4 Å². The van der Waals surface area contributed by atoms with Gasteiger partial charge in [0.1, 0.15) is 12.1 Å². The minimum atomic E-state index is -1.61. The van der Waals surface area contributed by atoms with Crippen LogP contribution in [0.2, 0.25) is 0 Å². The fourth-order valence-electron chi connectivity index (χ4n) is 1.56. The largest absolute Gasteiger partial charge is 0.480 e. The fraction of sp³-hybridized carbons (Fsp3) is 0.667. The third-order valence-electron chi connectivity index (χ3n) is 2.88.